The Bertz CT molecular complexity index is 310. The molecular weight excluding hydrogens is 218 g/mol. The van der Waals surface area contributed by atoms with E-state index < -0.39 is 6.47 Å². The number of carbonyl (C=O) groups is 1. The first-order valence-corrected chi connectivity index (χ1v) is 5.51. The van der Waals surface area contributed by atoms with Gasteiger partial charge in [0.2, 0.25) is 0 Å². The van der Waals surface area contributed by atoms with Crippen molar-refractivity contribution in [3.8, 4) is 0 Å². The molecule has 0 bridgehead atoms. The predicted molar refractivity (Wildman–Crippen MR) is 64.9 cm³/mol. The number of carboxylic acid groups (broad SMARTS) is 1. The van der Waals surface area contributed by atoms with Crippen molar-refractivity contribution in [3.05, 3.63) is 35.9 Å². The molecule has 0 aliphatic heterocycles. The van der Waals surface area contributed by atoms with Gasteiger partial charge >= 0.3 is 0 Å². The summed E-state index contributed by atoms with van der Waals surface area (Å²) in [5, 5.41) is 17.6. The van der Waals surface area contributed by atoms with Crippen molar-refractivity contribution in [2.75, 3.05) is 20.6 Å². The lowest BCUT2D eigenvalue weighted by atomic mass is 10.2. The van der Waals surface area contributed by atoms with Crippen molar-refractivity contribution in [1.82, 2.24) is 0 Å². The van der Waals surface area contributed by atoms with Crippen LogP contribution in [0.25, 0.3) is 0 Å². The van der Waals surface area contributed by atoms with E-state index in [0.717, 1.165) is 17.6 Å². The number of nitrogens with zero attached hydrogens (tertiary/aromatic N) is 1. The first kappa shape index (κ1) is 15.6. The van der Waals surface area contributed by atoms with E-state index in [1.807, 2.05) is 13.0 Å². The van der Waals surface area contributed by atoms with Crippen molar-refractivity contribution in [3.63, 3.8) is 0 Å². The Balaban J connectivity index is 0.000000770. The SMILES string of the molecule is CC(O)C[N+](C)(C)Cc1ccccc1.O=C[O-]. The minimum atomic E-state index is -0.500. The molecule has 1 aromatic rings. The Hall–Kier alpha value is -1.39. The molecular formula is C13H21NO3. The van der Waals surface area contributed by atoms with E-state index in [9.17, 15) is 5.11 Å². The van der Waals surface area contributed by atoms with Crippen LogP contribution in [0.5, 0.6) is 0 Å². The summed E-state index contributed by atoms with van der Waals surface area (Å²) in [6.07, 6.45) is -0.242. The summed E-state index contributed by atoms with van der Waals surface area (Å²) < 4.78 is 0.821. The third kappa shape index (κ3) is 8.42. The highest BCUT2D eigenvalue weighted by Crippen LogP contribution is 2.09. The van der Waals surface area contributed by atoms with E-state index in [4.69, 9.17) is 9.90 Å². The van der Waals surface area contributed by atoms with E-state index in [-0.39, 0.29) is 6.10 Å². The topological polar surface area (TPSA) is 60.4 Å². The standard InChI is InChI=1S/C12H20NO.CH2O2/c1-11(14)9-13(2,3)10-12-7-5-4-6-8-12;2-1-3/h4-8,11,14H,9-10H2,1-3H3;1H,(H,2,3)/q+1;/p-1. The lowest BCUT2D eigenvalue weighted by Crippen LogP contribution is -2.43. The van der Waals surface area contributed by atoms with E-state index in [1.165, 1.54) is 5.56 Å². The summed E-state index contributed by atoms with van der Waals surface area (Å²) in [6.45, 7) is 3.09. The smallest absolute Gasteiger partial charge is 0.105 e. The van der Waals surface area contributed by atoms with Crippen molar-refractivity contribution in [1.29, 1.82) is 0 Å². The van der Waals surface area contributed by atoms with Crippen LogP contribution in [0.1, 0.15) is 12.5 Å². The fourth-order valence-corrected chi connectivity index (χ4v) is 1.86. The zero-order valence-corrected chi connectivity index (χ0v) is 10.7. The van der Waals surface area contributed by atoms with Gasteiger partial charge in [-0.3, -0.25) is 0 Å². The fourth-order valence-electron chi connectivity index (χ4n) is 1.86. The normalized spacial score (nSPS) is 12.2. The molecule has 0 aliphatic rings. The molecule has 0 fully saturated rings. The molecule has 0 saturated carbocycles. The molecule has 0 aromatic heterocycles. The molecule has 0 amide bonds. The second kappa shape index (κ2) is 7.81. The number of benzene rings is 1. The van der Waals surface area contributed by atoms with E-state index in [2.05, 4.69) is 38.4 Å². The van der Waals surface area contributed by atoms with Crippen molar-refractivity contribution in [2.24, 2.45) is 0 Å². The van der Waals surface area contributed by atoms with Crippen LogP contribution >= 0.6 is 0 Å². The summed E-state index contributed by atoms with van der Waals surface area (Å²) in [5.41, 5.74) is 1.32. The van der Waals surface area contributed by atoms with Gasteiger partial charge in [0, 0.05) is 12.0 Å². The number of quaternary nitrogens is 1. The maximum atomic E-state index is 9.35. The van der Waals surface area contributed by atoms with Crippen LogP contribution in [0.15, 0.2) is 30.3 Å². The summed E-state index contributed by atoms with van der Waals surface area (Å²) >= 11 is 0. The first-order valence-electron chi connectivity index (χ1n) is 5.51. The highest BCUT2D eigenvalue weighted by Gasteiger charge is 2.17. The van der Waals surface area contributed by atoms with Gasteiger partial charge in [0.1, 0.15) is 19.2 Å². The van der Waals surface area contributed by atoms with E-state index in [1.54, 1.807) is 0 Å². The zero-order valence-electron chi connectivity index (χ0n) is 10.7. The minimum absolute atomic E-state index is 0.242. The van der Waals surface area contributed by atoms with Crippen molar-refractivity contribution < 1.29 is 19.5 Å². The molecule has 0 aliphatic carbocycles. The Morgan fingerprint density at radius 3 is 2.24 bits per heavy atom. The molecule has 0 saturated heterocycles. The van der Waals surface area contributed by atoms with E-state index in [0.29, 0.717) is 0 Å². The Morgan fingerprint density at radius 2 is 1.82 bits per heavy atom. The molecule has 1 atom stereocenters. The lowest BCUT2D eigenvalue weighted by molar-refractivity contribution is -0.906. The molecule has 1 aromatic carbocycles. The average molecular weight is 239 g/mol. The van der Waals surface area contributed by atoms with Crippen LogP contribution in [-0.2, 0) is 11.3 Å². The van der Waals surface area contributed by atoms with Crippen molar-refractivity contribution >= 4 is 6.47 Å². The maximum Gasteiger partial charge on any atom is 0.105 e. The molecule has 17 heavy (non-hydrogen) atoms. The predicted octanol–water partition coefficient (Wildman–Crippen LogP) is 0.00990. The third-order valence-corrected chi connectivity index (χ3v) is 2.21. The van der Waals surface area contributed by atoms with Gasteiger partial charge in [0.05, 0.1) is 14.1 Å². The maximum absolute atomic E-state index is 9.35. The molecule has 1 N–H and O–H groups in total. The number of hydrogen-bond donors (Lipinski definition) is 1. The number of aliphatic hydroxyl groups excluding tert-OH is 1. The van der Waals surface area contributed by atoms with Crippen LogP contribution in [0.2, 0.25) is 0 Å². The van der Waals surface area contributed by atoms with Gasteiger partial charge in [0.25, 0.3) is 0 Å². The lowest BCUT2D eigenvalue weighted by Gasteiger charge is -2.31. The van der Waals surface area contributed by atoms with Gasteiger partial charge < -0.3 is 19.5 Å². The van der Waals surface area contributed by atoms with Crippen LogP contribution < -0.4 is 5.11 Å². The molecule has 0 heterocycles. The molecule has 4 nitrogen and oxygen atoms in total. The number of carbonyl (C=O) groups excluding carboxylic acids is 1. The first-order chi connectivity index (χ1) is 7.91. The monoisotopic (exact) mass is 239 g/mol. The Kier molecular flexibility index (Phi) is 7.18. The number of rotatable bonds is 4. The Labute approximate surface area is 103 Å². The summed E-state index contributed by atoms with van der Waals surface area (Å²) in [7, 11) is 4.28. The highest BCUT2D eigenvalue weighted by atomic mass is 16.3. The van der Waals surface area contributed by atoms with E-state index >= 15 is 0 Å². The van der Waals surface area contributed by atoms with Gasteiger partial charge in [-0.05, 0) is 6.92 Å². The molecule has 0 spiro atoms. The molecule has 0 radical (unpaired) electrons. The quantitative estimate of drug-likeness (QED) is 0.595. The molecule has 1 unspecified atom stereocenters. The summed E-state index contributed by atoms with van der Waals surface area (Å²) in [4.78, 5) is 8.25. The number of aliphatic hydroxyl groups is 1. The second-order valence-corrected chi connectivity index (χ2v) is 4.71. The summed E-state index contributed by atoms with van der Waals surface area (Å²) in [6, 6.07) is 10.4. The van der Waals surface area contributed by atoms with Gasteiger partial charge in [-0.1, -0.05) is 30.3 Å². The van der Waals surface area contributed by atoms with Gasteiger partial charge in [-0.15, -0.1) is 0 Å². The van der Waals surface area contributed by atoms with Crippen molar-refractivity contribution in [2.45, 2.75) is 19.6 Å². The van der Waals surface area contributed by atoms with Crippen LogP contribution in [0, 0.1) is 0 Å². The fraction of sp³-hybridized carbons (Fsp3) is 0.462. The minimum Gasteiger partial charge on any atom is -0.554 e. The van der Waals surface area contributed by atoms with Crippen LogP contribution in [0.4, 0.5) is 0 Å². The number of likely N-dealkylation sites (N-methyl/N-ethyl adjacent to an activating group) is 1. The van der Waals surface area contributed by atoms with Gasteiger partial charge in [-0.25, -0.2) is 0 Å². The Morgan fingerprint density at radius 1 is 1.35 bits per heavy atom. The highest BCUT2D eigenvalue weighted by molar-refractivity contribution is 5.29. The van der Waals surface area contributed by atoms with Crippen LogP contribution in [0.3, 0.4) is 0 Å². The van der Waals surface area contributed by atoms with Crippen LogP contribution in [-0.4, -0.2) is 42.8 Å². The zero-order chi connectivity index (χ0) is 13.3. The molecule has 4 heteroatoms. The largest absolute Gasteiger partial charge is 0.554 e. The number of hydrogen-bond acceptors (Lipinski definition) is 3. The van der Waals surface area contributed by atoms with Gasteiger partial charge in [0.15, 0.2) is 0 Å². The summed E-state index contributed by atoms with van der Waals surface area (Å²) in [5.74, 6) is 0. The average Bonchev–Trinajstić information content (AvgIpc) is 2.17. The second-order valence-electron chi connectivity index (χ2n) is 4.71. The van der Waals surface area contributed by atoms with Gasteiger partial charge in [-0.2, -0.15) is 0 Å². The third-order valence-electron chi connectivity index (χ3n) is 2.21. The molecule has 96 valence electrons. The molecule has 1 rings (SSSR count).